The van der Waals surface area contributed by atoms with Crippen molar-refractivity contribution in [2.45, 2.75) is 0 Å². The molecule has 66 valence electrons. The summed E-state index contributed by atoms with van der Waals surface area (Å²) in [6.07, 6.45) is 1.13. The lowest BCUT2D eigenvalue weighted by atomic mass is 10.3. The van der Waals surface area contributed by atoms with Gasteiger partial charge in [-0.3, -0.25) is 4.79 Å². The number of carbonyl (C=O) groups excluding carboxylic acids is 1. The van der Waals surface area contributed by atoms with Crippen LogP contribution in [0.5, 0.6) is 0 Å². The highest BCUT2D eigenvalue weighted by molar-refractivity contribution is 5.96. The van der Waals surface area contributed by atoms with Gasteiger partial charge in [-0.25, -0.2) is 4.39 Å². The van der Waals surface area contributed by atoms with E-state index >= 15 is 0 Å². The van der Waals surface area contributed by atoms with Crippen molar-refractivity contribution in [2.24, 2.45) is 0 Å². The quantitative estimate of drug-likeness (QED) is 0.482. The second-order valence-corrected chi connectivity index (χ2v) is 2.03. The van der Waals surface area contributed by atoms with Gasteiger partial charge in [0.2, 0.25) is 0 Å². The van der Waals surface area contributed by atoms with Crippen molar-refractivity contribution in [2.75, 3.05) is 6.61 Å². The fourth-order valence-corrected chi connectivity index (χ4v) is 0.432. The van der Waals surface area contributed by atoms with E-state index in [4.69, 9.17) is 5.11 Å². The SMILES string of the molecule is C=C(CO)NC(=O)C(=C)/C=C/F. The number of hydrogen-bond acceptors (Lipinski definition) is 2. The van der Waals surface area contributed by atoms with E-state index < -0.39 is 5.91 Å². The van der Waals surface area contributed by atoms with Crippen LogP contribution in [-0.4, -0.2) is 17.6 Å². The van der Waals surface area contributed by atoms with Crippen LogP contribution in [0.3, 0.4) is 0 Å². The maximum absolute atomic E-state index is 11.5. The number of aliphatic hydroxyl groups is 1. The minimum atomic E-state index is -0.581. The summed E-state index contributed by atoms with van der Waals surface area (Å²) in [5.41, 5.74) is 0.112. The molecule has 0 radical (unpaired) electrons. The Morgan fingerprint density at radius 2 is 2.17 bits per heavy atom. The van der Waals surface area contributed by atoms with Crippen LogP contribution in [0.15, 0.2) is 36.8 Å². The molecule has 0 spiro atoms. The molecule has 0 rings (SSSR count). The molecule has 2 N–H and O–H groups in total. The highest BCUT2D eigenvalue weighted by Gasteiger charge is 2.03. The van der Waals surface area contributed by atoms with Crippen LogP contribution in [0.4, 0.5) is 4.39 Å². The monoisotopic (exact) mass is 171 g/mol. The largest absolute Gasteiger partial charge is 0.390 e. The third-order valence-electron chi connectivity index (χ3n) is 1.04. The molecule has 0 heterocycles. The fourth-order valence-electron chi connectivity index (χ4n) is 0.432. The number of hydrogen-bond donors (Lipinski definition) is 2. The van der Waals surface area contributed by atoms with Crippen molar-refractivity contribution >= 4 is 5.91 Å². The van der Waals surface area contributed by atoms with Crippen LogP contribution < -0.4 is 5.32 Å². The second kappa shape index (κ2) is 5.26. The minimum Gasteiger partial charge on any atom is -0.390 e. The topological polar surface area (TPSA) is 49.3 Å². The van der Waals surface area contributed by atoms with Crippen LogP contribution in [-0.2, 0) is 4.79 Å². The van der Waals surface area contributed by atoms with Gasteiger partial charge in [-0.15, -0.1) is 0 Å². The van der Waals surface area contributed by atoms with Crippen LogP contribution in [0.2, 0.25) is 0 Å². The predicted molar refractivity (Wildman–Crippen MR) is 43.8 cm³/mol. The molecule has 4 heteroatoms. The number of rotatable bonds is 4. The predicted octanol–water partition coefficient (Wildman–Crippen LogP) is 0.648. The Kier molecular flexibility index (Phi) is 4.64. The smallest absolute Gasteiger partial charge is 0.254 e. The maximum Gasteiger partial charge on any atom is 0.254 e. The lowest BCUT2D eigenvalue weighted by Crippen LogP contribution is -2.24. The molecular formula is C8H10FNO2. The first-order chi connectivity index (χ1) is 5.61. The van der Waals surface area contributed by atoms with Gasteiger partial charge in [0, 0.05) is 11.3 Å². The molecule has 0 saturated heterocycles. The lowest BCUT2D eigenvalue weighted by Gasteiger charge is -2.03. The van der Waals surface area contributed by atoms with E-state index in [1.807, 2.05) is 0 Å². The Bertz CT molecular complexity index is 233. The average molecular weight is 171 g/mol. The standard InChI is InChI=1S/C8H10FNO2/c1-6(3-4-9)8(12)10-7(2)5-11/h3-4,11H,1-2,5H2,(H,10,12)/b4-3+. The second-order valence-electron chi connectivity index (χ2n) is 2.03. The van der Waals surface area contributed by atoms with Gasteiger partial charge < -0.3 is 10.4 Å². The Balaban J connectivity index is 4.05. The first kappa shape index (κ1) is 10.6. The lowest BCUT2D eigenvalue weighted by molar-refractivity contribution is -0.116. The molecule has 0 fully saturated rings. The summed E-state index contributed by atoms with van der Waals surface area (Å²) in [4.78, 5) is 10.9. The van der Waals surface area contributed by atoms with Gasteiger partial charge in [-0.05, 0) is 6.08 Å². The van der Waals surface area contributed by atoms with E-state index in [1.165, 1.54) is 0 Å². The van der Waals surface area contributed by atoms with E-state index in [0.29, 0.717) is 0 Å². The molecule has 0 aromatic heterocycles. The number of aliphatic hydroxyl groups excluding tert-OH is 1. The normalized spacial score (nSPS) is 9.83. The van der Waals surface area contributed by atoms with Gasteiger partial charge in [0.25, 0.3) is 5.91 Å². The van der Waals surface area contributed by atoms with Crippen molar-refractivity contribution < 1.29 is 14.3 Å². The van der Waals surface area contributed by atoms with Crippen LogP contribution in [0.25, 0.3) is 0 Å². The molecule has 0 bridgehead atoms. The third kappa shape index (κ3) is 3.68. The summed E-state index contributed by atoms with van der Waals surface area (Å²) < 4.78 is 11.5. The molecule has 0 saturated carbocycles. The van der Waals surface area contributed by atoms with Gasteiger partial charge >= 0.3 is 0 Å². The minimum absolute atomic E-state index is 0.0351. The van der Waals surface area contributed by atoms with E-state index in [2.05, 4.69) is 18.5 Å². The van der Waals surface area contributed by atoms with Gasteiger partial charge in [0.1, 0.15) is 0 Å². The number of carbonyl (C=O) groups is 1. The zero-order valence-corrected chi connectivity index (χ0v) is 6.51. The van der Waals surface area contributed by atoms with E-state index in [1.54, 1.807) is 0 Å². The first-order valence-electron chi connectivity index (χ1n) is 3.17. The summed E-state index contributed by atoms with van der Waals surface area (Å²) in [7, 11) is 0. The molecule has 0 aromatic carbocycles. The Labute approximate surface area is 69.9 Å². The summed E-state index contributed by atoms with van der Waals surface area (Å²) in [5.74, 6) is -0.581. The van der Waals surface area contributed by atoms with Gasteiger partial charge in [0.05, 0.1) is 12.9 Å². The van der Waals surface area contributed by atoms with Crippen molar-refractivity contribution in [3.05, 3.63) is 36.8 Å². The molecule has 12 heavy (non-hydrogen) atoms. The molecule has 0 unspecified atom stereocenters. The maximum atomic E-state index is 11.5. The molecule has 0 aliphatic heterocycles. The Morgan fingerprint density at radius 3 is 2.58 bits per heavy atom. The molecule has 0 aliphatic rings. The van der Waals surface area contributed by atoms with Crippen molar-refractivity contribution in [3.8, 4) is 0 Å². The average Bonchev–Trinajstić information content (AvgIpc) is 2.04. The van der Waals surface area contributed by atoms with Crippen LogP contribution >= 0.6 is 0 Å². The summed E-state index contributed by atoms with van der Waals surface area (Å²) in [5, 5.41) is 10.7. The summed E-state index contributed by atoms with van der Waals surface area (Å²) in [6, 6.07) is 0. The fraction of sp³-hybridized carbons (Fsp3) is 0.125. The van der Waals surface area contributed by atoms with E-state index in [0.717, 1.165) is 6.08 Å². The van der Waals surface area contributed by atoms with Crippen LogP contribution in [0, 0.1) is 0 Å². The molecule has 0 atom stereocenters. The van der Waals surface area contributed by atoms with Crippen molar-refractivity contribution in [1.82, 2.24) is 5.32 Å². The summed E-state index contributed by atoms with van der Waals surface area (Å²) >= 11 is 0. The van der Waals surface area contributed by atoms with Gasteiger partial charge in [0.15, 0.2) is 0 Å². The highest BCUT2D eigenvalue weighted by atomic mass is 19.1. The third-order valence-corrected chi connectivity index (χ3v) is 1.04. The highest BCUT2D eigenvalue weighted by Crippen LogP contribution is 1.94. The number of halogens is 1. The van der Waals surface area contributed by atoms with Crippen molar-refractivity contribution in [1.29, 1.82) is 0 Å². The molecule has 3 nitrogen and oxygen atoms in total. The molecule has 0 aromatic rings. The zero-order chi connectivity index (χ0) is 9.56. The zero-order valence-electron chi connectivity index (χ0n) is 6.51. The summed E-state index contributed by atoms with van der Waals surface area (Å²) in [6.45, 7) is 6.24. The number of nitrogens with one attached hydrogen (secondary N) is 1. The Hall–Kier alpha value is -1.42. The van der Waals surface area contributed by atoms with Crippen molar-refractivity contribution in [3.63, 3.8) is 0 Å². The Morgan fingerprint density at radius 1 is 1.58 bits per heavy atom. The van der Waals surface area contributed by atoms with E-state index in [9.17, 15) is 9.18 Å². The number of amides is 1. The van der Waals surface area contributed by atoms with Crippen LogP contribution in [0.1, 0.15) is 0 Å². The molecule has 0 aliphatic carbocycles. The van der Waals surface area contributed by atoms with E-state index in [-0.39, 0.29) is 24.2 Å². The van der Waals surface area contributed by atoms with Gasteiger partial charge in [-0.2, -0.15) is 0 Å². The first-order valence-corrected chi connectivity index (χ1v) is 3.17. The molecule has 1 amide bonds. The molecular weight excluding hydrogens is 161 g/mol. The van der Waals surface area contributed by atoms with Gasteiger partial charge in [-0.1, -0.05) is 13.2 Å².